The molecule has 2 rings (SSSR count). The third kappa shape index (κ3) is 4.20. The Morgan fingerprint density at radius 1 is 1.30 bits per heavy atom. The van der Waals surface area contributed by atoms with Crippen molar-refractivity contribution in [3.05, 3.63) is 23.9 Å². The first-order valence-electron chi connectivity index (χ1n) is 8.14. The van der Waals surface area contributed by atoms with Gasteiger partial charge in [-0.2, -0.15) is 0 Å². The average Bonchev–Trinajstić information content (AvgIpc) is 2.96. The number of hydrogen-bond donors (Lipinski definition) is 1. The molecule has 0 atom stereocenters. The van der Waals surface area contributed by atoms with Crippen molar-refractivity contribution in [2.45, 2.75) is 59.0 Å². The van der Waals surface area contributed by atoms with Gasteiger partial charge in [0.2, 0.25) is 0 Å². The zero-order chi connectivity index (χ0) is 14.4. The molecule has 112 valence electrons. The maximum absolute atomic E-state index is 4.87. The summed E-state index contributed by atoms with van der Waals surface area (Å²) in [4.78, 5) is 7.42. The van der Waals surface area contributed by atoms with Gasteiger partial charge in [-0.3, -0.25) is 0 Å². The van der Waals surface area contributed by atoms with Gasteiger partial charge < -0.3 is 10.2 Å². The second-order valence-electron chi connectivity index (χ2n) is 6.25. The van der Waals surface area contributed by atoms with Crippen molar-refractivity contribution in [2.75, 3.05) is 18.0 Å². The van der Waals surface area contributed by atoms with E-state index < -0.39 is 0 Å². The van der Waals surface area contributed by atoms with Crippen molar-refractivity contribution < 1.29 is 0 Å². The minimum absolute atomic E-state index is 0.676. The van der Waals surface area contributed by atoms with E-state index in [0.717, 1.165) is 25.3 Å². The van der Waals surface area contributed by atoms with Crippen molar-refractivity contribution in [3.63, 3.8) is 0 Å². The number of nitrogens with zero attached hydrogens (tertiary/aromatic N) is 2. The SMILES string of the molecule is CCNCc1cccc(N(CC(C)C)C2CCCC2)n1. The molecule has 0 bridgehead atoms. The second-order valence-corrected chi connectivity index (χ2v) is 6.25. The fourth-order valence-corrected chi connectivity index (χ4v) is 3.02. The van der Waals surface area contributed by atoms with Crippen molar-refractivity contribution in [3.8, 4) is 0 Å². The van der Waals surface area contributed by atoms with Crippen LogP contribution in [0.2, 0.25) is 0 Å². The second kappa shape index (κ2) is 7.63. The lowest BCUT2D eigenvalue weighted by Crippen LogP contribution is -2.37. The molecule has 0 spiro atoms. The van der Waals surface area contributed by atoms with Crippen LogP contribution in [0.3, 0.4) is 0 Å². The standard InChI is InChI=1S/C17H29N3/c1-4-18-12-15-8-7-11-17(19-15)20(13-14(2)3)16-9-5-6-10-16/h7-8,11,14,16,18H,4-6,9-10,12-13H2,1-3H3. The largest absolute Gasteiger partial charge is 0.353 e. The Balaban J connectivity index is 2.14. The van der Waals surface area contributed by atoms with Crippen LogP contribution >= 0.6 is 0 Å². The lowest BCUT2D eigenvalue weighted by molar-refractivity contribution is 0.530. The molecule has 1 N–H and O–H groups in total. The highest BCUT2D eigenvalue weighted by Gasteiger charge is 2.24. The third-order valence-electron chi connectivity index (χ3n) is 3.97. The first-order chi connectivity index (χ1) is 9.70. The number of rotatable bonds is 7. The van der Waals surface area contributed by atoms with Gasteiger partial charge in [0, 0.05) is 19.1 Å². The van der Waals surface area contributed by atoms with E-state index in [1.165, 1.54) is 31.5 Å². The van der Waals surface area contributed by atoms with E-state index in [9.17, 15) is 0 Å². The van der Waals surface area contributed by atoms with Crippen molar-refractivity contribution >= 4 is 5.82 Å². The normalized spacial score (nSPS) is 16.0. The van der Waals surface area contributed by atoms with Crippen LogP contribution in [0.1, 0.15) is 52.1 Å². The van der Waals surface area contributed by atoms with Gasteiger partial charge in [0.25, 0.3) is 0 Å². The third-order valence-corrected chi connectivity index (χ3v) is 3.97. The molecule has 20 heavy (non-hydrogen) atoms. The summed E-state index contributed by atoms with van der Waals surface area (Å²) in [5.41, 5.74) is 1.15. The zero-order valence-electron chi connectivity index (χ0n) is 13.2. The lowest BCUT2D eigenvalue weighted by Gasteiger charge is -2.32. The lowest BCUT2D eigenvalue weighted by atomic mass is 10.1. The van der Waals surface area contributed by atoms with Crippen LogP contribution in [0, 0.1) is 5.92 Å². The highest BCUT2D eigenvalue weighted by atomic mass is 15.2. The van der Waals surface area contributed by atoms with E-state index in [1.54, 1.807) is 0 Å². The number of hydrogen-bond acceptors (Lipinski definition) is 3. The Morgan fingerprint density at radius 3 is 2.70 bits per heavy atom. The first-order valence-corrected chi connectivity index (χ1v) is 8.14. The Labute approximate surface area is 123 Å². The van der Waals surface area contributed by atoms with E-state index in [1.807, 2.05) is 0 Å². The van der Waals surface area contributed by atoms with Gasteiger partial charge in [-0.05, 0) is 37.4 Å². The minimum Gasteiger partial charge on any atom is -0.353 e. The molecule has 1 aromatic heterocycles. The molecule has 3 nitrogen and oxygen atoms in total. The number of anilines is 1. The highest BCUT2D eigenvalue weighted by Crippen LogP contribution is 2.28. The maximum Gasteiger partial charge on any atom is 0.129 e. The van der Waals surface area contributed by atoms with Gasteiger partial charge in [0.05, 0.1) is 5.69 Å². The first kappa shape index (κ1) is 15.3. The van der Waals surface area contributed by atoms with Gasteiger partial charge in [0.1, 0.15) is 5.82 Å². The molecule has 1 fully saturated rings. The van der Waals surface area contributed by atoms with Gasteiger partial charge in [0.15, 0.2) is 0 Å². The van der Waals surface area contributed by atoms with E-state index in [0.29, 0.717) is 12.0 Å². The summed E-state index contributed by atoms with van der Waals surface area (Å²) in [6.07, 6.45) is 5.39. The summed E-state index contributed by atoms with van der Waals surface area (Å²) >= 11 is 0. The van der Waals surface area contributed by atoms with Gasteiger partial charge in [-0.1, -0.05) is 39.7 Å². The van der Waals surface area contributed by atoms with Gasteiger partial charge >= 0.3 is 0 Å². The Kier molecular flexibility index (Phi) is 5.84. The van der Waals surface area contributed by atoms with Crippen LogP contribution in [0.25, 0.3) is 0 Å². The Morgan fingerprint density at radius 2 is 2.05 bits per heavy atom. The van der Waals surface area contributed by atoms with E-state index in [2.05, 4.69) is 49.2 Å². The van der Waals surface area contributed by atoms with Gasteiger partial charge in [-0.15, -0.1) is 0 Å². The molecule has 1 saturated carbocycles. The molecule has 0 amide bonds. The fourth-order valence-electron chi connectivity index (χ4n) is 3.02. The molecule has 1 aromatic rings. The van der Waals surface area contributed by atoms with Crippen LogP contribution in [-0.4, -0.2) is 24.1 Å². The smallest absolute Gasteiger partial charge is 0.129 e. The van der Waals surface area contributed by atoms with Crippen LogP contribution in [0.5, 0.6) is 0 Å². The quantitative estimate of drug-likeness (QED) is 0.824. The van der Waals surface area contributed by atoms with Crippen molar-refractivity contribution in [2.24, 2.45) is 5.92 Å². The van der Waals surface area contributed by atoms with Crippen LogP contribution in [0.4, 0.5) is 5.82 Å². The predicted octanol–water partition coefficient (Wildman–Crippen LogP) is 3.60. The zero-order valence-corrected chi connectivity index (χ0v) is 13.2. The summed E-state index contributed by atoms with van der Waals surface area (Å²) in [6, 6.07) is 7.14. The molecular formula is C17H29N3. The number of pyridine rings is 1. The monoisotopic (exact) mass is 275 g/mol. The average molecular weight is 275 g/mol. The molecule has 0 aliphatic heterocycles. The number of nitrogens with one attached hydrogen (secondary N) is 1. The predicted molar refractivity (Wildman–Crippen MR) is 86.1 cm³/mol. The van der Waals surface area contributed by atoms with E-state index >= 15 is 0 Å². The summed E-state index contributed by atoms with van der Waals surface area (Å²) < 4.78 is 0. The molecule has 3 heteroatoms. The number of aromatic nitrogens is 1. The van der Waals surface area contributed by atoms with Crippen LogP contribution in [-0.2, 0) is 6.54 Å². The molecule has 1 aliphatic rings. The fraction of sp³-hybridized carbons (Fsp3) is 0.706. The molecular weight excluding hydrogens is 246 g/mol. The maximum atomic E-state index is 4.87. The van der Waals surface area contributed by atoms with Gasteiger partial charge in [-0.25, -0.2) is 4.98 Å². The van der Waals surface area contributed by atoms with Crippen LogP contribution in [0.15, 0.2) is 18.2 Å². The summed E-state index contributed by atoms with van der Waals surface area (Å²) in [6.45, 7) is 9.69. The molecule has 0 radical (unpaired) electrons. The van der Waals surface area contributed by atoms with E-state index in [4.69, 9.17) is 4.98 Å². The van der Waals surface area contributed by atoms with Crippen LogP contribution < -0.4 is 10.2 Å². The minimum atomic E-state index is 0.676. The molecule has 0 unspecified atom stereocenters. The summed E-state index contributed by atoms with van der Waals surface area (Å²) in [7, 11) is 0. The molecule has 1 heterocycles. The summed E-state index contributed by atoms with van der Waals surface area (Å²) in [5.74, 6) is 1.84. The highest BCUT2D eigenvalue weighted by molar-refractivity contribution is 5.41. The Bertz CT molecular complexity index is 397. The topological polar surface area (TPSA) is 28.2 Å². The molecule has 0 saturated heterocycles. The van der Waals surface area contributed by atoms with Crippen molar-refractivity contribution in [1.29, 1.82) is 0 Å². The van der Waals surface area contributed by atoms with Crippen molar-refractivity contribution in [1.82, 2.24) is 10.3 Å². The molecule has 1 aliphatic carbocycles. The molecule has 0 aromatic carbocycles. The van der Waals surface area contributed by atoms with E-state index in [-0.39, 0.29) is 0 Å². The summed E-state index contributed by atoms with van der Waals surface area (Å²) in [5, 5.41) is 3.36. The Hall–Kier alpha value is -1.09.